The van der Waals surface area contributed by atoms with Crippen LogP contribution in [0.5, 0.6) is 0 Å². The summed E-state index contributed by atoms with van der Waals surface area (Å²) < 4.78 is 36.7. The van der Waals surface area contributed by atoms with Crippen molar-refractivity contribution in [3.8, 4) is 11.4 Å². The van der Waals surface area contributed by atoms with E-state index in [1.807, 2.05) is 5.10 Å². The number of aromatic nitrogens is 3. The van der Waals surface area contributed by atoms with Gasteiger partial charge in [-0.15, -0.1) is 12.4 Å². The molecule has 0 saturated carbocycles. The van der Waals surface area contributed by atoms with Crippen molar-refractivity contribution in [1.82, 2.24) is 15.2 Å². The van der Waals surface area contributed by atoms with Crippen LogP contribution in [0, 0.1) is 0 Å². The van der Waals surface area contributed by atoms with Crippen LogP contribution < -0.4 is 5.73 Å². The first-order valence-electron chi connectivity index (χ1n) is 4.32. The quantitative estimate of drug-likeness (QED) is 0.778. The molecule has 0 aliphatic carbocycles. The SMILES string of the molecule is Cl.Nc1cccc(-c2n[nH]c(C(F)(F)F)n2)c1. The average Bonchev–Trinajstić information content (AvgIpc) is 2.65. The van der Waals surface area contributed by atoms with Gasteiger partial charge >= 0.3 is 6.18 Å². The third kappa shape index (κ3) is 2.88. The number of nitrogens with two attached hydrogens (primary N) is 1. The van der Waals surface area contributed by atoms with Crippen molar-refractivity contribution in [3.05, 3.63) is 30.1 Å². The van der Waals surface area contributed by atoms with Crippen molar-refractivity contribution in [2.24, 2.45) is 0 Å². The third-order valence-corrected chi connectivity index (χ3v) is 1.90. The van der Waals surface area contributed by atoms with Gasteiger partial charge in [0.25, 0.3) is 0 Å². The van der Waals surface area contributed by atoms with Crippen LogP contribution in [0.25, 0.3) is 11.4 Å². The lowest BCUT2D eigenvalue weighted by molar-refractivity contribution is -0.144. The van der Waals surface area contributed by atoms with Crippen LogP contribution in [0.3, 0.4) is 0 Å². The Morgan fingerprint density at radius 2 is 1.94 bits per heavy atom. The van der Waals surface area contributed by atoms with Crippen molar-refractivity contribution in [2.75, 3.05) is 5.73 Å². The minimum absolute atomic E-state index is 0. The molecule has 0 radical (unpaired) electrons. The number of hydrogen-bond acceptors (Lipinski definition) is 3. The normalized spacial score (nSPS) is 11.0. The zero-order chi connectivity index (χ0) is 11.8. The fourth-order valence-electron chi connectivity index (χ4n) is 1.20. The molecule has 0 aliphatic heterocycles. The lowest BCUT2D eigenvalue weighted by atomic mass is 10.2. The minimum atomic E-state index is -4.52. The van der Waals surface area contributed by atoms with E-state index >= 15 is 0 Å². The van der Waals surface area contributed by atoms with Crippen LogP contribution in [0.2, 0.25) is 0 Å². The number of aromatic amines is 1. The fourth-order valence-corrected chi connectivity index (χ4v) is 1.20. The van der Waals surface area contributed by atoms with Gasteiger partial charge in [-0.25, -0.2) is 4.98 Å². The number of hydrogen-bond donors (Lipinski definition) is 2. The molecule has 1 aromatic heterocycles. The van der Waals surface area contributed by atoms with E-state index < -0.39 is 12.0 Å². The molecule has 0 fully saturated rings. The molecular formula is C9H8ClF3N4. The molecule has 4 nitrogen and oxygen atoms in total. The summed E-state index contributed by atoms with van der Waals surface area (Å²) in [4.78, 5) is 3.35. The second-order valence-electron chi connectivity index (χ2n) is 3.13. The highest BCUT2D eigenvalue weighted by atomic mass is 35.5. The summed E-state index contributed by atoms with van der Waals surface area (Å²) in [5, 5.41) is 5.32. The van der Waals surface area contributed by atoms with E-state index in [2.05, 4.69) is 10.1 Å². The number of rotatable bonds is 1. The Bertz CT molecular complexity index is 509. The molecule has 1 aromatic carbocycles. The largest absolute Gasteiger partial charge is 0.451 e. The Balaban J connectivity index is 0.00000144. The van der Waals surface area contributed by atoms with Gasteiger partial charge in [0.1, 0.15) is 0 Å². The molecular weight excluding hydrogens is 257 g/mol. The molecule has 2 rings (SSSR count). The molecule has 0 atom stereocenters. The highest BCUT2D eigenvalue weighted by molar-refractivity contribution is 5.85. The number of benzene rings is 1. The molecule has 0 saturated heterocycles. The minimum Gasteiger partial charge on any atom is -0.399 e. The summed E-state index contributed by atoms with van der Waals surface area (Å²) >= 11 is 0. The first-order valence-corrected chi connectivity index (χ1v) is 4.32. The van der Waals surface area contributed by atoms with Crippen LogP contribution in [0.4, 0.5) is 18.9 Å². The van der Waals surface area contributed by atoms with Crippen LogP contribution in [-0.4, -0.2) is 15.2 Å². The first-order chi connectivity index (χ1) is 7.47. The fraction of sp³-hybridized carbons (Fsp3) is 0.111. The maximum Gasteiger partial charge on any atom is 0.451 e. The van der Waals surface area contributed by atoms with E-state index in [1.165, 1.54) is 6.07 Å². The number of anilines is 1. The second kappa shape index (κ2) is 4.62. The lowest BCUT2D eigenvalue weighted by Gasteiger charge is -1.99. The van der Waals surface area contributed by atoms with Gasteiger partial charge in [-0.05, 0) is 12.1 Å². The predicted octanol–water partition coefficient (Wildman–Crippen LogP) is 2.49. The van der Waals surface area contributed by atoms with E-state index in [9.17, 15) is 13.2 Å². The molecule has 2 aromatic rings. The average molecular weight is 265 g/mol. The Morgan fingerprint density at radius 1 is 1.24 bits per heavy atom. The van der Waals surface area contributed by atoms with Gasteiger partial charge in [-0.3, -0.25) is 5.10 Å². The Morgan fingerprint density at radius 3 is 2.47 bits per heavy atom. The Labute approximate surface area is 100 Å². The molecule has 92 valence electrons. The van der Waals surface area contributed by atoms with Gasteiger partial charge in [-0.1, -0.05) is 12.1 Å². The number of halogens is 4. The van der Waals surface area contributed by atoms with Crippen LogP contribution in [0.1, 0.15) is 5.82 Å². The molecule has 0 aliphatic rings. The van der Waals surface area contributed by atoms with Gasteiger partial charge in [0, 0.05) is 11.3 Å². The summed E-state index contributed by atoms with van der Waals surface area (Å²) in [5.74, 6) is -1.15. The molecule has 0 unspecified atom stereocenters. The van der Waals surface area contributed by atoms with E-state index in [-0.39, 0.29) is 18.2 Å². The molecule has 0 amide bonds. The maximum absolute atomic E-state index is 12.2. The van der Waals surface area contributed by atoms with Gasteiger partial charge < -0.3 is 5.73 Å². The number of alkyl halides is 3. The van der Waals surface area contributed by atoms with Gasteiger partial charge in [-0.2, -0.15) is 18.3 Å². The smallest absolute Gasteiger partial charge is 0.399 e. The second-order valence-corrected chi connectivity index (χ2v) is 3.13. The maximum atomic E-state index is 12.2. The van der Waals surface area contributed by atoms with Crippen molar-refractivity contribution >= 4 is 18.1 Å². The Hall–Kier alpha value is -1.76. The monoisotopic (exact) mass is 264 g/mol. The summed E-state index contributed by atoms with van der Waals surface area (Å²) in [7, 11) is 0. The molecule has 0 bridgehead atoms. The van der Waals surface area contributed by atoms with E-state index in [4.69, 9.17) is 5.73 Å². The van der Waals surface area contributed by atoms with Gasteiger partial charge in [0.05, 0.1) is 0 Å². The summed E-state index contributed by atoms with van der Waals surface area (Å²) in [6, 6.07) is 6.33. The molecule has 3 N–H and O–H groups in total. The third-order valence-electron chi connectivity index (χ3n) is 1.90. The number of nitrogens with zero attached hydrogens (tertiary/aromatic N) is 2. The van der Waals surface area contributed by atoms with E-state index in [0.29, 0.717) is 11.3 Å². The Kier molecular flexibility index (Phi) is 3.62. The van der Waals surface area contributed by atoms with Gasteiger partial charge in [0.15, 0.2) is 5.82 Å². The standard InChI is InChI=1S/C9H7F3N4.ClH/c10-9(11,12)8-14-7(15-16-8)5-2-1-3-6(13)4-5;/h1-4H,13H2,(H,14,15,16);1H. The van der Waals surface area contributed by atoms with Crippen LogP contribution in [-0.2, 0) is 6.18 Å². The number of H-pyrrole nitrogens is 1. The zero-order valence-corrected chi connectivity index (χ0v) is 9.14. The van der Waals surface area contributed by atoms with Crippen molar-refractivity contribution in [2.45, 2.75) is 6.18 Å². The lowest BCUT2D eigenvalue weighted by Crippen LogP contribution is -2.07. The number of nitrogen functional groups attached to an aromatic ring is 1. The highest BCUT2D eigenvalue weighted by Gasteiger charge is 2.35. The topological polar surface area (TPSA) is 67.6 Å². The predicted molar refractivity (Wildman–Crippen MR) is 58.5 cm³/mol. The summed E-state index contributed by atoms with van der Waals surface area (Å²) in [6.45, 7) is 0. The molecule has 17 heavy (non-hydrogen) atoms. The van der Waals surface area contributed by atoms with Crippen molar-refractivity contribution in [3.63, 3.8) is 0 Å². The van der Waals surface area contributed by atoms with Crippen molar-refractivity contribution < 1.29 is 13.2 Å². The molecule has 0 spiro atoms. The molecule has 1 heterocycles. The summed E-state index contributed by atoms with van der Waals surface area (Å²) in [5.41, 5.74) is 6.38. The van der Waals surface area contributed by atoms with Crippen LogP contribution in [0.15, 0.2) is 24.3 Å². The van der Waals surface area contributed by atoms with Crippen molar-refractivity contribution in [1.29, 1.82) is 0 Å². The van der Waals surface area contributed by atoms with Gasteiger partial charge in [0.2, 0.25) is 5.82 Å². The van der Waals surface area contributed by atoms with Crippen LogP contribution >= 0.6 is 12.4 Å². The van der Waals surface area contributed by atoms with E-state index in [0.717, 1.165) is 0 Å². The first kappa shape index (κ1) is 13.3. The number of nitrogens with one attached hydrogen (secondary N) is 1. The van der Waals surface area contributed by atoms with E-state index in [1.54, 1.807) is 18.2 Å². The summed E-state index contributed by atoms with van der Waals surface area (Å²) in [6.07, 6.45) is -4.52. The molecule has 8 heteroatoms. The highest BCUT2D eigenvalue weighted by Crippen LogP contribution is 2.27. The zero-order valence-electron chi connectivity index (χ0n) is 8.32.